The maximum absolute atomic E-state index is 12.1. The third kappa shape index (κ3) is 5.53. The van der Waals surface area contributed by atoms with E-state index in [2.05, 4.69) is 24.5 Å². The van der Waals surface area contributed by atoms with Crippen molar-refractivity contribution in [3.05, 3.63) is 0 Å². The van der Waals surface area contributed by atoms with Crippen molar-refractivity contribution < 1.29 is 4.79 Å². The molecule has 0 spiro atoms. The highest BCUT2D eigenvalue weighted by Crippen LogP contribution is 2.14. The zero-order valence-electron chi connectivity index (χ0n) is 11.4. The first-order valence-electron chi connectivity index (χ1n) is 7.29. The van der Waals surface area contributed by atoms with Crippen LogP contribution in [0.5, 0.6) is 0 Å². The molecule has 1 amide bonds. The van der Waals surface area contributed by atoms with E-state index in [1.54, 1.807) is 0 Å². The predicted molar refractivity (Wildman–Crippen MR) is 72.0 cm³/mol. The van der Waals surface area contributed by atoms with Crippen LogP contribution in [-0.2, 0) is 4.79 Å². The Balaban J connectivity index is 2.33. The second-order valence-electron chi connectivity index (χ2n) is 5.13. The summed E-state index contributed by atoms with van der Waals surface area (Å²) in [6.45, 7) is 6.44. The van der Waals surface area contributed by atoms with Gasteiger partial charge in [-0.25, -0.2) is 0 Å². The van der Waals surface area contributed by atoms with Gasteiger partial charge in [0, 0.05) is 12.0 Å². The average molecular weight is 240 g/mol. The van der Waals surface area contributed by atoms with Crippen LogP contribution in [-0.4, -0.2) is 25.0 Å². The zero-order chi connectivity index (χ0) is 12.5. The summed E-state index contributed by atoms with van der Waals surface area (Å²) in [5.41, 5.74) is 0. The largest absolute Gasteiger partial charge is 0.353 e. The molecule has 1 aliphatic rings. The van der Waals surface area contributed by atoms with Crippen LogP contribution in [0, 0.1) is 5.92 Å². The molecular weight excluding hydrogens is 212 g/mol. The van der Waals surface area contributed by atoms with Crippen molar-refractivity contribution in [3.8, 4) is 0 Å². The van der Waals surface area contributed by atoms with Gasteiger partial charge in [-0.05, 0) is 45.2 Å². The van der Waals surface area contributed by atoms with Gasteiger partial charge in [-0.1, -0.05) is 26.7 Å². The van der Waals surface area contributed by atoms with Crippen LogP contribution in [0.15, 0.2) is 0 Å². The molecule has 0 aromatic rings. The van der Waals surface area contributed by atoms with Gasteiger partial charge in [0.1, 0.15) is 0 Å². The fourth-order valence-electron chi connectivity index (χ4n) is 2.45. The molecule has 0 aromatic carbocycles. The average Bonchev–Trinajstić information content (AvgIpc) is 2.58. The van der Waals surface area contributed by atoms with E-state index in [0.717, 1.165) is 45.2 Å². The molecule has 3 heteroatoms. The van der Waals surface area contributed by atoms with E-state index in [4.69, 9.17) is 0 Å². The van der Waals surface area contributed by atoms with Crippen molar-refractivity contribution in [3.63, 3.8) is 0 Å². The topological polar surface area (TPSA) is 41.1 Å². The first-order valence-corrected chi connectivity index (χ1v) is 7.29. The van der Waals surface area contributed by atoms with Gasteiger partial charge in [0.15, 0.2) is 0 Å². The van der Waals surface area contributed by atoms with Crippen molar-refractivity contribution >= 4 is 5.91 Å². The second kappa shape index (κ2) is 8.51. The highest BCUT2D eigenvalue weighted by atomic mass is 16.1. The molecule has 100 valence electrons. The Kier molecular flexibility index (Phi) is 7.25. The van der Waals surface area contributed by atoms with E-state index >= 15 is 0 Å². The standard InChI is InChI=1S/C14H28N2O/c1-3-5-7-12(4-2)14(17)16-13-8-6-10-15-11-9-13/h12-13,15H,3-11H2,1-2H3,(H,16,17). The zero-order valence-corrected chi connectivity index (χ0v) is 11.4. The van der Waals surface area contributed by atoms with Gasteiger partial charge in [-0.2, -0.15) is 0 Å². The fraction of sp³-hybridized carbons (Fsp3) is 0.929. The minimum absolute atomic E-state index is 0.228. The quantitative estimate of drug-likeness (QED) is 0.749. The maximum Gasteiger partial charge on any atom is 0.223 e. The Morgan fingerprint density at radius 1 is 1.35 bits per heavy atom. The molecule has 0 aromatic heterocycles. The lowest BCUT2D eigenvalue weighted by Gasteiger charge is -2.20. The van der Waals surface area contributed by atoms with Crippen molar-refractivity contribution in [2.45, 2.75) is 64.8 Å². The number of nitrogens with one attached hydrogen (secondary N) is 2. The van der Waals surface area contributed by atoms with Crippen LogP contribution in [0.1, 0.15) is 58.8 Å². The molecule has 2 atom stereocenters. The summed E-state index contributed by atoms with van der Waals surface area (Å²) in [5.74, 6) is 0.513. The molecule has 1 rings (SSSR count). The summed E-state index contributed by atoms with van der Waals surface area (Å²) >= 11 is 0. The minimum Gasteiger partial charge on any atom is -0.353 e. The summed E-state index contributed by atoms with van der Waals surface area (Å²) in [6.07, 6.45) is 7.74. The summed E-state index contributed by atoms with van der Waals surface area (Å²) in [4.78, 5) is 12.1. The van der Waals surface area contributed by atoms with Crippen LogP contribution >= 0.6 is 0 Å². The summed E-state index contributed by atoms with van der Waals surface area (Å²) < 4.78 is 0. The molecule has 0 aliphatic carbocycles. The monoisotopic (exact) mass is 240 g/mol. The Morgan fingerprint density at radius 2 is 2.18 bits per heavy atom. The van der Waals surface area contributed by atoms with Gasteiger partial charge in [0.05, 0.1) is 0 Å². The van der Waals surface area contributed by atoms with E-state index in [-0.39, 0.29) is 11.8 Å². The maximum atomic E-state index is 12.1. The number of rotatable bonds is 6. The highest BCUT2D eigenvalue weighted by molar-refractivity contribution is 5.78. The van der Waals surface area contributed by atoms with E-state index in [1.165, 1.54) is 12.8 Å². The van der Waals surface area contributed by atoms with Gasteiger partial charge in [-0.15, -0.1) is 0 Å². The van der Waals surface area contributed by atoms with Gasteiger partial charge in [0.25, 0.3) is 0 Å². The van der Waals surface area contributed by atoms with Gasteiger partial charge < -0.3 is 10.6 Å². The fourth-order valence-corrected chi connectivity index (χ4v) is 2.45. The van der Waals surface area contributed by atoms with E-state index in [9.17, 15) is 4.79 Å². The van der Waals surface area contributed by atoms with Crippen molar-refractivity contribution in [1.82, 2.24) is 10.6 Å². The molecule has 0 saturated carbocycles. The smallest absolute Gasteiger partial charge is 0.223 e. The summed E-state index contributed by atoms with van der Waals surface area (Å²) in [6, 6.07) is 0.396. The molecule has 3 nitrogen and oxygen atoms in total. The molecule has 2 N–H and O–H groups in total. The van der Waals surface area contributed by atoms with Crippen molar-refractivity contribution in [1.29, 1.82) is 0 Å². The van der Waals surface area contributed by atoms with Crippen LogP contribution < -0.4 is 10.6 Å². The molecule has 17 heavy (non-hydrogen) atoms. The number of carbonyl (C=O) groups excluding carboxylic acids is 1. The van der Waals surface area contributed by atoms with Crippen molar-refractivity contribution in [2.75, 3.05) is 13.1 Å². The second-order valence-corrected chi connectivity index (χ2v) is 5.13. The Labute approximate surface area is 106 Å². The number of amides is 1. The summed E-state index contributed by atoms with van der Waals surface area (Å²) in [5, 5.41) is 6.62. The van der Waals surface area contributed by atoms with Crippen LogP contribution in [0.4, 0.5) is 0 Å². The van der Waals surface area contributed by atoms with Crippen molar-refractivity contribution in [2.24, 2.45) is 5.92 Å². The molecule has 2 unspecified atom stereocenters. The van der Waals surface area contributed by atoms with Gasteiger partial charge >= 0.3 is 0 Å². The molecule has 1 aliphatic heterocycles. The lowest BCUT2D eigenvalue weighted by atomic mass is 9.97. The van der Waals surface area contributed by atoms with Crippen LogP contribution in [0.3, 0.4) is 0 Å². The first kappa shape index (κ1) is 14.5. The molecule has 0 radical (unpaired) electrons. The lowest BCUT2D eigenvalue weighted by Crippen LogP contribution is -2.39. The Bertz CT molecular complexity index is 210. The van der Waals surface area contributed by atoms with Gasteiger partial charge in [-0.3, -0.25) is 4.79 Å². The molecule has 1 heterocycles. The Hall–Kier alpha value is -0.570. The molecular formula is C14H28N2O. The minimum atomic E-state index is 0.228. The van der Waals surface area contributed by atoms with E-state index < -0.39 is 0 Å². The summed E-state index contributed by atoms with van der Waals surface area (Å²) in [7, 11) is 0. The molecule has 1 saturated heterocycles. The SMILES string of the molecule is CCCCC(CC)C(=O)NC1CCCNCC1. The Morgan fingerprint density at radius 3 is 2.88 bits per heavy atom. The third-order valence-corrected chi connectivity index (χ3v) is 3.69. The highest BCUT2D eigenvalue weighted by Gasteiger charge is 2.20. The number of hydrogen-bond donors (Lipinski definition) is 2. The van der Waals surface area contributed by atoms with E-state index in [1.807, 2.05) is 0 Å². The number of carbonyl (C=O) groups is 1. The normalized spacial score (nSPS) is 22.8. The van der Waals surface area contributed by atoms with Crippen LogP contribution in [0.25, 0.3) is 0 Å². The molecule has 1 fully saturated rings. The number of hydrogen-bond acceptors (Lipinski definition) is 2. The van der Waals surface area contributed by atoms with Gasteiger partial charge in [0.2, 0.25) is 5.91 Å². The predicted octanol–water partition coefficient (Wildman–Crippen LogP) is 2.46. The first-order chi connectivity index (χ1) is 8.27. The third-order valence-electron chi connectivity index (χ3n) is 3.69. The molecule has 0 bridgehead atoms. The van der Waals surface area contributed by atoms with Crippen LogP contribution in [0.2, 0.25) is 0 Å². The number of unbranched alkanes of at least 4 members (excludes halogenated alkanes) is 1. The lowest BCUT2D eigenvalue weighted by molar-refractivity contribution is -0.126. The van der Waals surface area contributed by atoms with E-state index in [0.29, 0.717) is 6.04 Å².